The first-order valence-corrected chi connectivity index (χ1v) is 3.65. The van der Waals surface area contributed by atoms with E-state index in [4.69, 9.17) is 5.73 Å². The molecule has 0 unspecified atom stereocenters. The molecule has 0 aromatic carbocycles. The van der Waals surface area contributed by atoms with Crippen LogP contribution < -0.4 is 5.73 Å². The molecule has 0 bridgehead atoms. The lowest BCUT2D eigenvalue weighted by molar-refractivity contribution is 1.19. The molecule has 1 heterocycles. The number of hydrogen-bond donors (Lipinski definition) is 1. The van der Waals surface area contributed by atoms with Crippen molar-refractivity contribution in [3.8, 4) is 0 Å². The highest BCUT2D eigenvalue weighted by molar-refractivity contribution is 5.63. The molecular formula is C9H12N2. The van der Waals surface area contributed by atoms with Gasteiger partial charge in [-0.2, -0.15) is 0 Å². The van der Waals surface area contributed by atoms with Crippen LogP contribution in [0.2, 0.25) is 0 Å². The fraction of sp³-hybridized carbons (Fsp3) is 0.222. The topological polar surface area (TPSA) is 38.9 Å². The molecule has 0 amide bonds. The lowest BCUT2D eigenvalue weighted by Crippen LogP contribution is -2.02. The van der Waals surface area contributed by atoms with Gasteiger partial charge < -0.3 is 5.73 Å². The maximum absolute atomic E-state index is 5.51. The molecule has 1 aromatic heterocycles. The Bertz CT molecular complexity index is 239. The third kappa shape index (κ3) is 1.88. The van der Waals surface area contributed by atoms with Crippen molar-refractivity contribution < 1.29 is 0 Å². The molecule has 0 saturated heterocycles. The van der Waals surface area contributed by atoms with Gasteiger partial charge in [0.1, 0.15) is 0 Å². The molecule has 0 fully saturated rings. The van der Waals surface area contributed by atoms with Gasteiger partial charge >= 0.3 is 0 Å². The zero-order valence-corrected chi connectivity index (χ0v) is 6.62. The smallest absolute Gasteiger partial charge is 0.0671 e. The first kappa shape index (κ1) is 7.95. The average molecular weight is 148 g/mol. The standard InChI is InChI=1S/C9H12N2/c1-2-8(7-10)9-5-3-4-6-11-9/h2-6H,7,10H2,1H3/b8-2+. The molecule has 1 rings (SSSR count). The quantitative estimate of drug-likeness (QED) is 0.689. The summed E-state index contributed by atoms with van der Waals surface area (Å²) in [5.74, 6) is 0. The number of aromatic nitrogens is 1. The predicted molar refractivity (Wildman–Crippen MR) is 46.9 cm³/mol. The van der Waals surface area contributed by atoms with Gasteiger partial charge in [-0.05, 0) is 24.6 Å². The van der Waals surface area contributed by atoms with E-state index in [-0.39, 0.29) is 0 Å². The number of hydrogen-bond acceptors (Lipinski definition) is 2. The largest absolute Gasteiger partial charge is 0.326 e. The molecule has 1 aromatic rings. The van der Waals surface area contributed by atoms with Gasteiger partial charge in [-0.25, -0.2) is 0 Å². The van der Waals surface area contributed by atoms with Crippen LogP contribution in [-0.4, -0.2) is 11.5 Å². The third-order valence-corrected chi connectivity index (χ3v) is 1.56. The van der Waals surface area contributed by atoms with Gasteiger partial charge in [-0.1, -0.05) is 12.1 Å². The highest BCUT2D eigenvalue weighted by Gasteiger charge is 1.96. The lowest BCUT2D eigenvalue weighted by Gasteiger charge is -2.00. The van der Waals surface area contributed by atoms with E-state index in [1.165, 1.54) is 0 Å². The van der Waals surface area contributed by atoms with Gasteiger partial charge in [0.05, 0.1) is 5.69 Å². The normalized spacial score (nSPS) is 11.6. The number of allylic oxidation sites excluding steroid dienone is 1. The summed E-state index contributed by atoms with van der Waals surface area (Å²) in [6, 6.07) is 5.82. The zero-order chi connectivity index (χ0) is 8.10. The Morgan fingerprint density at radius 3 is 2.91 bits per heavy atom. The second-order valence-corrected chi connectivity index (χ2v) is 2.23. The summed E-state index contributed by atoms with van der Waals surface area (Å²) in [6.07, 6.45) is 3.76. The SMILES string of the molecule is C/C=C(\CN)c1ccccn1. The fourth-order valence-electron chi connectivity index (χ4n) is 0.923. The van der Waals surface area contributed by atoms with Crippen molar-refractivity contribution in [3.63, 3.8) is 0 Å². The number of pyridine rings is 1. The van der Waals surface area contributed by atoms with Crippen LogP contribution in [0.3, 0.4) is 0 Å². The molecule has 0 saturated carbocycles. The Morgan fingerprint density at radius 1 is 1.64 bits per heavy atom. The number of rotatable bonds is 2. The Balaban J connectivity index is 2.92. The molecule has 0 aliphatic carbocycles. The minimum absolute atomic E-state index is 0.549. The first-order chi connectivity index (χ1) is 5.38. The van der Waals surface area contributed by atoms with Crippen LogP contribution in [0.25, 0.3) is 5.57 Å². The summed E-state index contributed by atoms with van der Waals surface area (Å²) >= 11 is 0. The summed E-state index contributed by atoms with van der Waals surface area (Å²) in [4.78, 5) is 4.17. The Labute approximate surface area is 66.8 Å². The lowest BCUT2D eigenvalue weighted by atomic mass is 10.1. The second-order valence-electron chi connectivity index (χ2n) is 2.23. The van der Waals surface area contributed by atoms with Crippen LogP contribution in [0.5, 0.6) is 0 Å². The van der Waals surface area contributed by atoms with Crippen molar-refractivity contribution in [2.75, 3.05) is 6.54 Å². The Morgan fingerprint density at radius 2 is 2.45 bits per heavy atom. The minimum Gasteiger partial charge on any atom is -0.326 e. The molecule has 2 nitrogen and oxygen atoms in total. The Hall–Kier alpha value is -1.15. The third-order valence-electron chi connectivity index (χ3n) is 1.56. The molecule has 2 heteroatoms. The summed E-state index contributed by atoms with van der Waals surface area (Å²) in [6.45, 7) is 2.52. The van der Waals surface area contributed by atoms with E-state index in [9.17, 15) is 0 Å². The van der Waals surface area contributed by atoms with Crippen LogP contribution in [-0.2, 0) is 0 Å². The van der Waals surface area contributed by atoms with E-state index in [0.717, 1.165) is 11.3 Å². The van der Waals surface area contributed by atoms with E-state index in [2.05, 4.69) is 4.98 Å². The molecule has 0 aliphatic rings. The molecule has 0 radical (unpaired) electrons. The van der Waals surface area contributed by atoms with Gasteiger partial charge in [0.25, 0.3) is 0 Å². The average Bonchev–Trinajstić information content (AvgIpc) is 2.09. The van der Waals surface area contributed by atoms with Gasteiger partial charge in [-0.15, -0.1) is 0 Å². The van der Waals surface area contributed by atoms with Crippen molar-refractivity contribution in [1.82, 2.24) is 4.98 Å². The van der Waals surface area contributed by atoms with Gasteiger partial charge in [0.2, 0.25) is 0 Å². The van der Waals surface area contributed by atoms with Crippen LogP contribution in [0.1, 0.15) is 12.6 Å². The van der Waals surface area contributed by atoms with Crippen molar-refractivity contribution in [2.45, 2.75) is 6.92 Å². The van der Waals surface area contributed by atoms with Crippen molar-refractivity contribution in [2.24, 2.45) is 5.73 Å². The fourth-order valence-corrected chi connectivity index (χ4v) is 0.923. The zero-order valence-electron chi connectivity index (χ0n) is 6.62. The summed E-state index contributed by atoms with van der Waals surface area (Å²) in [5, 5.41) is 0. The molecule has 11 heavy (non-hydrogen) atoms. The first-order valence-electron chi connectivity index (χ1n) is 3.65. The highest BCUT2D eigenvalue weighted by atomic mass is 14.7. The van der Waals surface area contributed by atoms with Gasteiger partial charge in [0.15, 0.2) is 0 Å². The summed E-state index contributed by atoms with van der Waals surface area (Å²) < 4.78 is 0. The van der Waals surface area contributed by atoms with Gasteiger partial charge in [0, 0.05) is 12.7 Å². The molecular weight excluding hydrogens is 136 g/mol. The van der Waals surface area contributed by atoms with Crippen molar-refractivity contribution >= 4 is 5.57 Å². The maximum atomic E-state index is 5.51. The van der Waals surface area contributed by atoms with E-state index in [1.807, 2.05) is 31.2 Å². The highest BCUT2D eigenvalue weighted by Crippen LogP contribution is 2.07. The molecule has 58 valence electrons. The Kier molecular flexibility index (Phi) is 2.81. The monoisotopic (exact) mass is 148 g/mol. The molecule has 0 aliphatic heterocycles. The van der Waals surface area contributed by atoms with Crippen LogP contribution in [0, 0.1) is 0 Å². The summed E-state index contributed by atoms with van der Waals surface area (Å²) in [7, 11) is 0. The van der Waals surface area contributed by atoms with E-state index in [1.54, 1.807) is 6.20 Å². The molecule has 2 N–H and O–H groups in total. The maximum Gasteiger partial charge on any atom is 0.0671 e. The minimum atomic E-state index is 0.549. The molecule has 0 atom stereocenters. The van der Waals surface area contributed by atoms with E-state index >= 15 is 0 Å². The number of nitrogens with zero attached hydrogens (tertiary/aromatic N) is 1. The van der Waals surface area contributed by atoms with Crippen LogP contribution in [0.15, 0.2) is 30.5 Å². The van der Waals surface area contributed by atoms with Crippen molar-refractivity contribution in [3.05, 3.63) is 36.2 Å². The summed E-state index contributed by atoms with van der Waals surface area (Å²) in [5.41, 5.74) is 7.57. The second kappa shape index (κ2) is 3.88. The predicted octanol–water partition coefficient (Wildman–Crippen LogP) is 1.44. The van der Waals surface area contributed by atoms with E-state index in [0.29, 0.717) is 6.54 Å². The van der Waals surface area contributed by atoms with E-state index < -0.39 is 0 Å². The number of nitrogens with two attached hydrogens (primary N) is 1. The van der Waals surface area contributed by atoms with Gasteiger partial charge in [-0.3, -0.25) is 4.98 Å². The van der Waals surface area contributed by atoms with Crippen LogP contribution >= 0.6 is 0 Å². The molecule has 0 spiro atoms. The van der Waals surface area contributed by atoms with Crippen molar-refractivity contribution in [1.29, 1.82) is 0 Å². The van der Waals surface area contributed by atoms with Crippen LogP contribution in [0.4, 0.5) is 0 Å².